The van der Waals surface area contributed by atoms with Crippen LogP contribution in [0.2, 0.25) is 0 Å². The van der Waals surface area contributed by atoms with Crippen molar-refractivity contribution in [3.05, 3.63) is 58.0 Å². The van der Waals surface area contributed by atoms with Gasteiger partial charge in [0.2, 0.25) is 0 Å². The van der Waals surface area contributed by atoms with Crippen LogP contribution in [-0.4, -0.2) is 17.5 Å². The van der Waals surface area contributed by atoms with Crippen LogP contribution in [0.5, 0.6) is 5.75 Å². The largest absolute Gasteiger partial charge is 0.435 e. The highest BCUT2D eigenvalue weighted by atomic mass is 19.4. The molecule has 0 saturated heterocycles. The number of carbonyl (C=O) groups is 1. The van der Waals surface area contributed by atoms with Crippen LogP contribution in [0.15, 0.2) is 41.3 Å². The zero-order valence-electron chi connectivity index (χ0n) is 11.7. The number of halogens is 5. The summed E-state index contributed by atoms with van der Waals surface area (Å²) in [6.07, 6.45) is -4.25. The first kappa shape index (κ1) is 17.4. The Kier molecular flexibility index (Phi) is 4.86. The molecular formula is C14H9F5N2O3. The van der Waals surface area contributed by atoms with Crippen molar-refractivity contribution >= 4 is 11.6 Å². The number of aromatic nitrogens is 1. The lowest BCUT2D eigenvalue weighted by Gasteiger charge is -2.10. The first-order valence-electron chi connectivity index (χ1n) is 6.33. The van der Waals surface area contributed by atoms with Gasteiger partial charge in [0, 0.05) is 11.8 Å². The highest BCUT2D eigenvalue weighted by molar-refractivity contribution is 6.04. The standard InChI is InChI=1S/C14H9F5N2O3/c15-13(16)24-9-3-1-2-7(4-9)11(22)21-10-5-8(14(17,18)19)6-20-12(10)23/h1-6,13H,(H,20,23)(H,21,22). The number of H-pyrrole nitrogens is 1. The number of benzene rings is 1. The molecule has 2 N–H and O–H groups in total. The smallest absolute Gasteiger partial charge is 0.417 e. The van der Waals surface area contributed by atoms with Crippen LogP contribution in [0.1, 0.15) is 15.9 Å². The lowest BCUT2D eigenvalue weighted by atomic mass is 10.2. The predicted molar refractivity (Wildman–Crippen MR) is 73.1 cm³/mol. The van der Waals surface area contributed by atoms with Gasteiger partial charge in [-0.1, -0.05) is 6.07 Å². The minimum atomic E-state index is -4.71. The van der Waals surface area contributed by atoms with E-state index in [9.17, 15) is 31.5 Å². The van der Waals surface area contributed by atoms with E-state index < -0.39 is 35.5 Å². The summed E-state index contributed by atoms with van der Waals surface area (Å²) in [6.45, 7) is -3.10. The maximum Gasteiger partial charge on any atom is 0.417 e. The number of nitrogens with one attached hydrogen (secondary N) is 2. The van der Waals surface area contributed by atoms with E-state index in [2.05, 4.69) is 4.74 Å². The number of ether oxygens (including phenoxy) is 1. The number of alkyl halides is 5. The fourth-order valence-corrected chi connectivity index (χ4v) is 1.75. The van der Waals surface area contributed by atoms with E-state index in [1.54, 1.807) is 0 Å². The van der Waals surface area contributed by atoms with E-state index in [0.29, 0.717) is 12.3 Å². The number of anilines is 1. The van der Waals surface area contributed by atoms with Crippen molar-refractivity contribution in [3.63, 3.8) is 0 Å². The molecule has 0 atom stereocenters. The monoisotopic (exact) mass is 348 g/mol. The van der Waals surface area contributed by atoms with E-state index in [1.165, 1.54) is 18.2 Å². The third-order valence-corrected chi connectivity index (χ3v) is 2.80. The molecule has 128 valence electrons. The van der Waals surface area contributed by atoms with Crippen LogP contribution >= 0.6 is 0 Å². The topological polar surface area (TPSA) is 71.2 Å². The van der Waals surface area contributed by atoms with Gasteiger partial charge in [-0.05, 0) is 24.3 Å². The van der Waals surface area contributed by atoms with Crippen molar-refractivity contribution in [2.24, 2.45) is 0 Å². The predicted octanol–water partition coefficient (Wildman–Crippen LogP) is 3.25. The molecule has 0 aliphatic heterocycles. The number of aromatic amines is 1. The molecule has 1 amide bonds. The molecule has 0 bridgehead atoms. The van der Waals surface area contributed by atoms with Crippen LogP contribution in [0, 0.1) is 0 Å². The quantitative estimate of drug-likeness (QED) is 0.834. The number of hydrogen-bond acceptors (Lipinski definition) is 3. The molecule has 1 heterocycles. The highest BCUT2D eigenvalue weighted by Crippen LogP contribution is 2.29. The maximum absolute atomic E-state index is 12.6. The third-order valence-electron chi connectivity index (χ3n) is 2.80. The van der Waals surface area contributed by atoms with Crippen LogP contribution < -0.4 is 15.6 Å². The summed E-state index contributed by atoms with van der Waals surface area (Å²) in [5, 5.41) is 1.99. The van der Waals surface area contributed by atoms with Gasteiger partial charge in [-0.15, -0.1) is 0 Å². The number of hydrogen-bond donors (Lipinski definition) is 2. The van der Waals surface area contributed by atoms with Crippen LogP contribution in [0.3, 0.4) is 0 Å². The molecule has 0 radical (unpaired) electrons. The molecule has 0 saturated carbocycles. The van der Waals surface area contributed by atoms with Gasteiger partial charge < -0.3 is 15.0 Å². The molecular weight excluding hydrogens is 339 g/mol. The Hall–Kier alpha value is -2.91. The van der Waals surface area contributed by atoms with Gasteiger partial charge >= 0.3 is 12.8 Å². The molecule has 0 aliphatic rings. The summed E-state index contributed by atoms with van der Waals surface area (Å²) in [4.78, 5) is 25.3. The summed E-state index contributed by atoms with van der Waals surface area (Å²) < 4.78 is 66.2. The van der Waals surface area contributed by atoms with E-state index in [4.69, 9.17) is 0 Å². The van der Waals surface area contributed by atoms with Gasteiger partial charge in [0.05, 0.1) is 5.56 Å². The Morgan fingerprint density at radius 1 is 1.21 bits per heavy atom. The van der Waals surface area contributed by atoms with Gasteiger partial charge in [-0.25, -0.2) is 0 Å². The highest BCUT2D eigenvalue weighted by Gasteiger charge is 2.31. The molecule has 24 heavy (non-hydrogen) atoms. The number of pyridine rings is 1. The Bertz CT molecular complexity index is 801. The van der Waals surface area contributed by atoms with Gasteiger partial charge in [0.1, 0.15) is 11.4 Å². The Labute approximate surface area is 131 Å². The minimum absolute atomic E-state index is 0.176. The van der Waals surface area contributed by atoms with E-state index >= 15 is 0 Å². The van der Waals surface area contributed by atoms with Crippen molar-refractivity contribution in [3.8, 4) is 5.75 Å². The molecule has 10 heteroatoms. The number of carbonyl (C=O) groups excluding carboxylic acids is 1. The Morgan fingerprint density at radius 3 is 2.54 bits per heavy atom. The van der Waals surface area contributed by atoms with Crippen molar-refractivity contribution in [2.45, 2.75) is 12.8 Å². The average Bonchev–Trinajstić information content (AvgIpc) is 2.48. The van der Waals surface area contributed by atoms with E-state index in [0.717, 1.165) is 6.07 Å². The van der Waals surface area contributed by atoms with Crippen molar-refractivity contribution in [2.75, 3.05) is 5.32 Å². The fourth-order valence-electron chi connectivity index (χ4n) is 1.75. The zero-order chi connectivity index (χ0) is 17.9. The summed E-state index contributed by atoms with van der Waals surface area (Å²) in [5.41, 5.74) is -2.91. The van der Waals surface area contributed by atoms with Gasteiger partial charge in [-0.3, -0.25) is 9.59 Å². The van der Waals surface area contributed by atoms with Gasteiger partial charge in [0.15, 0.2) is 0 Å². The second kappa shape index (κ2) is 6.69. The summed E-state index contributed by atoms with van der Waals surface area (Å²) in [7, 11) is 0. The lowest BCUT2D eigenvalue weighted by molar-refractivity contribution is -0.137. The number of rotatable bonds is 4. The Balaban J connectivity index is 2.25. The van der Waals surface area contributed by atoms with Crippen LogP contribution in [-0.2, 0) is 6.18 Å². The lowest BCUT2D eigenvalue weighted by Crippen LogP contribution is -2.21. The summed E-state index contributed by atoms with van der Waals surface area (Å²) in [5.74, 6) is -1.27. The molecule has 0 unspecified atom stereocenters. The van der Waals surface area contributed by atoms with Crippen molar-refractivity contribution in [1.29, 1.82) is 0 Å². The van der Waals surface area contributed by atoms with E-state index in [-0.39, 0.29) is 11.3 Å². The second-order valence-corrected chi connectivity index (χ2v) is 4.49. The molecule has 0 aliphatic carbocycles. The second-order valence-electron chi connectivity index (χ2n) is 4.49. The van der Waals surface area contributed by atoms with Crippen molar-refractivity contribution in [1.82, 2.24) is 4.98 Å². The average molecular weight is 348 g/mol. The minimum Gasteiger partial charge on any atom is -0.435 e. The zero-order valence-corrected chi connectivity index (χ0v) is 11.7. The molecule has 1 aromatic carbocycles. The summed E-state index contributed by atoms with van der Waals surface area (Å²) in [6, 6.07) is 5.05. The van der Waals surface area contributed by atoms with Crippen molar-refractivity contribution < 1.29 is 31.5 Å². The molecule has 2 rings (SSSR count). The molecule has 0 spiro atoms. The summed E-state index contributed by atoms with van der Waals surface area (Å²) >= 11 is 0. The maximum atomic E-state index is 12.6. The number of amides is 1. The normalized spacial score (nSPS) is 11.4. The molecule has 5 nitrogen and oxygen atoms in total. The molecule has 2 aromatic rings. The fraction of sp³-hybridized carbons (Fsp3) is 0.143. The first-order valence-corrected chi connectivity index (χ1v) is 6.33. The molecule has 1 aromatic heterocycles. The van der Waals surface area contributed by atoms with Crippen LogP contribution in [0.4, 0.5) is 27.6 Å². The van der Waals surface area contributed by atoms with Gasteiger partial charge in [0.25, 0.3) is 11.5 Å². The van der Waals surface area contributed by atoms with Crippen LogP contribution in [0.25, 0.3) is 0 Å². The Morgan fingerprint density at radius 2 is 1.92 bits per heavy atom. The SMILES string of the molecule is O=C(Nc1cc(C(F)(F)F)c[nH]c1=O)c1cccc(OC(F)F)c1. The van der Waals surface area contributed by atoms with Gasteiger partial charge in [-0.2, -0.15) is 22.0 Å². The third kappa shape index (κ3) is 4.31. The molecule has 0 fully saturated rings. The van der Waals surface area contributed by atoms with E-state index in [1.807, 2.05) is 10.3 Å². The first-order chi connectivity index (χ1) is 11.2.